The second-order valence-corrected chi connectivity index (χ2v) is 12.5. The largest absolute Gasteiger partial charge is 0.469 e. The molecule has 2 heterocycles. The van der Waals surface area contributed by atoms with Gasteiger partial charge in [-0.15, -0.1) is 0 Å². The van der Waals surface area contributed by atoms with Crippen LogP contribution in [0.1, 0.15) is 123 Å². The summed E-state index contributed by atoms with van der Waals surface area (Å²) in [6, 6.07) is 0. The summed E-state index contributed by atoms with van der Waals surface area (Å²) in [5.74, 6) is -0.260. The summed E-state index contributed by atoms with van der Waals surface area (Å²) in [7, 11) is 1.37. The number of carbonyl (C=O) groups is 3. The Kier molecular flexibility index (Phi) is 16.3. The van der Waals surface area contributed by atoms with E-state index in [9.17, 15) is 14.4 Å². The monoisotopic (exact) mass is 592 g/mol. The van der Waals surface area contributed by atoms with Crippen molar-refractivity contribution >= 4 is 17.5 Å². The van der Waals surface area contributed by atoms with Gasteiger partial charge >= 0.3 is 5.97 Å². The van der Waals surface area contributed by atoms with E-state index in [1.807, 2.05) is 0 Å². The molecule has 7 atom stereocenters. The van der Waals surface area contributed by atoms with Crippen LogP contribution in [-0.2, 0) is 38.1 Å². The van der Waals surface area contributed by atoms with Gasteiger partial charge in [-0.05, 0) is 63.7 Å². The second kappa shape index (κ2) is 19.6. The van der Waals surface area contributed by atoms with Gasteiger partial charge in [0, 0.05) is 50.7 Å². The minimum atomic E-state index is -0.420. The van der Waals surface area contributed by atoms with E-state index in [4.69, 9.17) is 23.7 Å². The number of ether oxygens (including phenoxy) is 5. The van der Waals surface area contributed by atoms with Crippen LogP contribution in [0.2, 0.25) is 0 Å². The molecular weight excluding hydrogens is 536 g/mol. The summed E-state index contributed by atoms with van der Waals surface area (Å²) in [5.41, 5.74) is 0. The molecule has 0 aromatic rings. The molecule has 1 aliphatic carbocycles. The third-order valence-electron chi connectivity index (χ3n) is 8.88. The molecule has 42 heavy (non-hydrogen) atoms. The van der Waals surface area contributed by atoms with Crippen LogP contribution in [-0.4, -0.2) is 62.6 Å². The number of rotatable bonds is 19. The van der Waals surface area contributed by atoms with Crippen LogP contribution < -0.4 is 0 Å². The molecule has 240 valence electrons. The summed E-state index contributed by atoms with van der Waals surface area (Å²) in [6.07, 6.45) is 17.3. The average Bonchev–Trinajstić information content (AvgIpc) is 3.27. The van der Waals surface area contributed by atoms with Gasteiger partial charge in [0.15, 0.2) is 12.6 Å². The Morgan fingerprint density at radius 3 is 2.36 bits per heavy atom. The van der Waals surface area contributed by atoms with Gasteiger partial charge in [-0.2, -0.15) is 0 Å². The summed E-state index contributed by atoms with van der Waals surface area (Å²) < 4.78 is 29.3. The molecule has 3 rings (SSSR count). The number of carbonyl (C=O) groups excluding carboxylic acids is 3. The second-order valence-electron chi connectivity index (χ2n) is 12.5. The van der Waals surface area contributed by atoms with E-state index in [-0.39, 0.29) is 54.7 Å². The number of hydrogen-bond acceptors (Lipinski definition) is 8. The Bertz CT molecular complexity index is 829. The number of Topliss-reactive ketones (excluding diaryl/α,β-unsaturated/α-hetero) is 2. The zero-order chi connectivity index (χ0) is 30.2. The molecule has 3 aliphatic rings. The Morgan fingerprint density at radius 1 is 0.976 bits per heavy atom. The van der Waals surface area contributed by atoms with E-state index in [1.165, 1.54) is 26.4 Å². The van der Waals surface area contributed by atoms with E-state index in [2.05, 4.69) is 26.0 Å². The zero-order valence-electron chi connectivity index (χ0n) is 26.4. The van der Waals surface area contributed by atoms with Crippen molar-refractivity contribution in [2.75, 3.05) is 20.3 Å². The summed E-state index contributed by atoms with van der Waals surface area (Å²) >= 11 is 0. The number of methoxy groups -OCH3 is 1. The van der Waals surface area contributed by atoms with E-state index in [0.29, 0.717) is 44.6 Å². The van der Waals surface area contributed by atoms with Crippen molar-refractivity contribution < 1.29 is 38.1 Å². The van der Waals surface area contributed by atoms with Crippen LogP contribution in [0.15, 0.2) is 12.2 Å². The van der Waals surface area contributed by atoms with Crippen molar-refractivity contribution in [1.82, 2.24) is 0 Å². The van der Waals surface area contributed by atoms with Crippen LogP contribution in [0.4, 0.5) is 0 Å². The van der Waals surface area contributed by atoms with Gasteiger partial charge < -0.3 is 23.7 Å². The van der Waals surface area contributed by atoms with Crippen molar-refractivity contribution in [3.8, 4) is 0 Å². The maximum absolute atomic E-state index is 13.3. The molecule has 8 heteroatoms. The highest BCUT2D eigenvalue weighted by molar-refractivity contribution is 5.90. The van der Waals surface area contributed by atoms with Crippen molar-refractivity contribution in [1.29, 1.82) is 0 Å². The van der Waals surface area contributed by atoms with Crippen molar-refractivity contribution in [2.45, 2.75) is 148 Å². The van der Waals surface area contributed by atoms with Gasteiger partial charge in [0.25, 0.3) is 0 Å². The third kappa shape index (κ3) is 12.6. The van der Waals surface area contributed by atoms with E-state index < -0.39 is 5.92 Å². The molecule has 0 amide bonds. The van der Waals surface area contributed by atoms with Gasteiger partial charge in [0.2, 0.25) is 0 Å². The number of unbranched alkanes of at least 4 members (excludes halogenated alkanes) is 3. The smallest absolute Gasteiger partial charge is 0.305 e. The quantitative estimate of drug-likeness (QED) is 0.0911. The predicted molar refractivity (Wildman–Crippen MR) is 161 cm³/mol. The van der Waals surface area contributed by atoms with Crippen molar-refractivity contribution in [3.63, 3.8) is 0 Å². The first-order valence-electron chi connectivity index (χ1n) is 16.7. The molecule has 0 aromatic heterocycles. The highest BCUT2D eigenvalue weighted by atomic mass is 16.7. The standard InChI is InChI=1S/C34H56O8/c1-4-5-6-13-25(2)22-27(41-33-16-9-11-20-39-33)18-19-28-29(23-26(35)14-7-8-15-32(37)38-3)30(36)24-31(28)42-34-17-10-12-21-40-34/h18-19,25,27-29,31,33-34H,4-17,20-24H2,1-3H3/b19-18+/t25-,27+,28+,29+,31+,33?,34?/m0/s1. The molecule has 2 unspecified atom stereocenters. The minimum absolute atomic E-state index is 0.0548. The van der Waals surface area contributed by atoms with Gasteiger partial charge in [-0.1, -0.05) is 51.7 Å². The molecule has 3 fully saturated rings. The molecule has 8 nitrogen and oxygen atoms in total. The van der Waals surface area contributed by atoms with E-state index >= 15 is 0 Å². The van der Waals surface area contributed by atoms with Gasteiger partial charge in [-0.3, -0.25) is 14.4 Å². The SMILES string of the molecule is CCCCC[C@H](C)C[C@@H](/C=C/[C@H]1[C@H](OC2CCCCO2)CC(=O)[C@@H]1CC(=O)CCCCC(=O)OC)OC1CCCCO1. The van der Waals surface area contributed by atoms with Gasteiger partial charge in [0.1, 0.15) is 11.6 Å². The molecule has 0 aromatic carbocycles. The topological polar surface area (TPSA) is 97.4 Å². The van der Waals surface area contributed by atoms with Crippen LogP contribution >= 0.6 is 0 Å². The van der Waals surface area contributed by atoms with E-state index in [1.54, 1.807) is 0 Å². The fourth-order valence-electron chi connectivity index (χ4n) is 6.36. The fourth-order valence-corrected chi connectivity index (χ4v) is 6.36. The first-order valence-corrected chi connectivity index (χ1v) is 16.7. The Morgan fingerprint density at radius 2 is 1.69 bits per heavy atom. The predicted octanol–water partition coefficient (Wildman–Crippen LogP) is 6.87. The molecule has 2 saturated heterocycles. The lowest BCUT2D eigenvalue weighted by Gasteiger charge is -2.30. The van der Waals surface area contributed by atoms with Crippen LogP contribution in [0.25, 0.3) is 0 Å². The summed E-state index contributed by atoms with van der Waals surface area (Å²) in [6.45, 7) is 5.91. The Hall–Kier alpha value is -1.61. The lowest BCUT2D eigenvalue weighted by Crippen LogP contribution is -2.31. The van der Waals surface area contributed by atoms with Crippen LogP contribution in [0.5, 0.6) is 0 Å². The number of esters is 1. The average molecular weight is 593 g/mol. The third-order valence-corrected chi connectivity index (χ3v) is 8.88. The number of ketones is 2. The normalized spacial score (nSPS) is 28.2. The van der Waals surface area contributed by atoms with Gasteiger partial charge in [-0.25, -0.2) is 0 Å². The highest BCUT2D eigenvalue weighted by Gasteiger charge is 2.43. The zero-order valence-corrected chi connectivity index (χ0v) is 26.4. The Labute approximate surface area is 253 Å². The summed E-state index contributed by atoms with van der Waals surface area (Å²) in [4.78, 5) is 37.7. The van der Waals surface area contributed by atoms with E-state index in [0.717, 1.165) is 58.0 Å². The van der Waals surface area contributed by atoms with Gasteiger partial charge in [0.05, 0.1) is 19.3 Å². The summed E-state index contributed by atoms with van der Waals surface area (Å²) in [5, 5.41) is 0. The molecule has 2 aliphatic heterocycles. The molecule has 0 spiro atoms. The fraction of sp³-hybridized carbons (Fsp3) is 0.853. The van der Waals surface area contributed by atoms with Crippen molar-refractivity contribution in [3.05, 3.63) is 12.2 Å². The maximum Gasteiger partial charge on any atom is 0.305 e. The first kappa shape index (κ1) is 34.9. The molecule has 0 radical (unpaired) electrons. The maximum atomic E-state index is 13.3. The number of hydrogen-bond donors (Lipinski definition) is 0. The minimum Gasteiger partial charge on any atom is -0.469 e. The lowest BCUT2D eigenvalue weighted by atomic mass is 9.87. The van der Waals surface area contributed by atoms with Crippen LogP contribution in [0, 0.1) is 17.8 Å². The van der Waals surface area contributed by atoms with Crippen molar-refractivity contribution in [2.24, 2.45) is 17.8 Å². The highest BCUT2D eigenvalue weighted by Crippen LogP contribution is 2.37. The molecule has 0 N–H and O–H groups in total. The Balaban J connectivity index is 1.70. The first-order chi connectivity index (χ1) is 20.4. The molecule has 0 bridgehead atoms. The lowest BCUT2D eigenvalue weighted by molar-refractivity contribution is -0.192. The van der Waals surface area contributed by atoms with Crippen LogP contribution in [0.3, 0.4) is 0 Å². The molecule has 1 saturated carbocycles. The molecular formula is C34H56O8.